The standard InChI is InChI=1S/C14H25N5O/c1-14(2,20)11-18-7-9-19(10-8-18)12-5-6-15-13(16-12)17(3)4/h5-6,20H,7-11H2,1-4H3. The molecule has 2 rings (SSSR count). The molecule has 112 valence electrons. The Hall–Kier alpha value is -1.40. The van der Waals surface area contributed by atoms with Crippen LogP contribution in [0.25, 0.3) is 0 Å². The molecule has 6 nitrogen and oxygen atoms in total. The molecule has 1 N–H and O–H groups in total. The first-order valence-electron chi connectivity index (χ1n) is 7.05. The molecule has 0 atom stereocenters. The second-order valence-corrected chi connectivity index (χ2v) is 6.18. The molecule has 0 saturated carbocycles. The number of nitrogens with zero attached hydrogens (tertiary/aromatic N) is 5. The molecule has 2 heterocycles. The Labute approximate surface area is 121 Å². The number of piperazine rings is 1. The largest absolute Gasteiger partial charge is 0.389 e. The zero-order valence-corrected chi connectivity index (χ0v) is 12.9. The molecule has 0 aromatic carbocycles. The van der Waals surface area contributed by atoms with E-state index in [1.165, 1.54) is 0 Å². The number of rotatable bonds is 4. The molecule has 1 aromatic rings. The first kappa shape index (κ1) is 15.0. The molecule has 1 aliphatic heterocycles. The number of anilines is 2. The van der Waals surface area contributed by atoms with Gasteiger partial charge in [0.1, 0.15) is 5.82 Å². The SMILES string of the molecule is CN(C)c1nccc(N2CCN(CC(C)(C)O)CC2)n1. The molecule has 1 fully saturated rings. The maximum absolute atomic E-state index is 9.87. The van der Waals surface area contributed by atoms with E-state index < -0.39 is 5.60 Å². The van der Waals surface area contributed by atoms with Gasteiger partial charge in [-0.3, -0.25) is 4.90 Å². The van der Waals surface area contributed by atoms with E-state index >= 15 is 0 Å². The number of hydrogen-bond acceptors (Lipinski definition) is 6. The quantitative estimate of drug-likeness (QED) is 0.863. The molecule has 0 amide bonds. The fraction of sp³-hybridized carbons (Fsp3) is 0.714. The lowest BCUT2D eigenvalue weighted by atomic mass is 10.1. The van der Waals surface area contributed by atoms with Gasteiger partial charge in [0.25, 0.3) is 0 Å². The van der Waals surface area contributed by atoms with Gasteiger partial charge in [-0.05, 0) is 19.9 Å². The fourth-order valence-electron chi connectivity index (χ4n) is 2.41. The highest BCUT2D eigenvalue weighted by molar-refractivity contribution is 5.43. The van der Waals surface area contributed by atoms with Gasteiger partial charge in [0.15, 0.2) is 0 Å². The third kappa shape index (κ3) is 4.05. The van der Waals surface area contributed by atoms with Crippen molar-refractivity contribution in [2.75, 3.05) is 56.6 Å². The Morgan fingerprint density at radius 1 is 1.25 bits per heavy atom. The lowest BCUT2D eigenvalue weighted by Crippen LogP contribution is -2.50. The van der Waals surface area contributed by atoms with Gasteiger partial charge in [0.2, 0.25) is 5.95 Å². The average molecular weight is 279 g/mol. The summed E-state index contributed by atoms with van der Waals surface area (Å²) in [6, 6.07) is 1.96. The summed E-state index contributed by atoms with van der Waals surface area (Å²) in [5, 5.41) is 9.87. The van der Waals surface area contributed by atoms with Crippen molar-refractivity contribution < 1.29 is 5.11 Å². The molecule has 20 heavy (non-hydrogen) atoms. The summed E-state index contributed by atoms with van der Waals surface area (Å²) in [6.07, 6.45) is 1.81. The second-order valence-electron chi connectivity index (χ2n) is 6.18. The van der Waals surface area contributed by atoms with Crippen LogP contribution in [0.5, 0.6) is 0 Å². The Bertz CT molecular complexity index is 435. The van der Waals surface area contributed by atoms with Crippen LogP contribution >= 0.6 is 0 Å². The second kappa shape index (κ2) is 5.93. The third-order valence-corrected chi connectivity index (χ3v) is 3.33. The van der Waals surface area contributed by atoms with E-state index in [4.69, 9.17) is 0 Å². The van der Waals surface area contributed by atoms with Crippen LogP contribution in [-0.4, -0.2) is 72.4 Å². The van der Waals surface area contributed by atoms with Gasteiger partial charge >= 0.3 is 0 Å². The van der Waals surface area contributed by atoms with Crippen molar-refractivity contribution in [3.63, 3.8) is 0 Å². The molecule has 0 radical (unpaired) electrons. The van der Waals surface area contributed by atoms with Crippen LogP contribution in [0.1, 0.15) is 13.8 Å². The molecular weight excluding hydrogens is 254 g/mol. The van der Waals surface area contributed by atoms with Crippen LogP contribution in [0.4, 0.5) is 11.8 Å². The van der Waals surface area contributed by atoms with Crippen LogP contribution in [-0.2, 0) is 0 Å². The summed E-state index contributed by atoms with van der Waals surface area (Å²) in [7, 11) is 3.89. The van der Waals surface area contributed by atoms with E-state index in [1.54, 1.807) is 6.20 Å². The Kier molecular flexibility index (Phi) is 4.45. The molecule has 0 unspecified atom stereocenters. The maximum Gasteiger partial charge on any atom is 0.226 e. The van der Waals surface area contributed by atoms with E-state index in [9.17, 15) is 5.11 Å². The van der Waals surface area contributed by atoms with Crippen molar-refractivity contribution in [3.05, 3.63) is 12.3 Å². The third-order valence-electron chi connectivity index (χ3n) is 3.33. The number of aromatic nitrogens is 2. The van der Waals surface area contributed by atoms with Crippen LogP contribution < -0.4 is 9.80 Å². The van der Waals surface area contributed by atoms with Gasteiger partial charge in [-0.1, -0.05) is 0 Å². The predicted molar refractivity (Wildman–Crippen MR) is 81.3 cm³/mol. The first-order chi connectivity index (χ1) is 9.35. The summed E-state index contributed by atoms with van der Waals surface area (Å²) in [5.41, 5.74) is -0.630. The lowest BCUT2D eigenvalue weighted by Gasteiger charge is -2.37. The zero-order chi connectivity index (χ0) is 14.8. The molecule has 6 heteroatoms. The van der Waals surface area contributed by atoms with E-state index in [0.717, 1.165) is 37.9 Å². The summed E-state index contributed by atoms with van der Waals surface area (Å²) in [4.78, 5) is 15.3. The van der Waals surface area contributed by atoms with E-state index in [0.29, 0.717) is 6.54 Å². The minimum atomic E-state index is -0.630. The predicted octanol–water partition coefficient (Wildman–Crippen LogP) is 0.436. The Morgan fingerprint density at radius 2 is 1.90 bits per heavy atom. The molecule has 0 bridgehead atoms. The summed E-state index contributed by atoms with van der Waals surface area (Å²) < 4.78 is 0. The summed E-state index contributed by atoms with van der Waals surface area (Å²) in [6.45, 7) is 8.18. The topological polar surface area (TPSA) is 55.7 Å². The maximum atomic E-state index is 9.87. The van der Waals surface area contributed by atoms with Gasteiger partial charge < -0.3 is 14.9 Å². The minimum Gasteiger partial charge on any atom is -0.389 e. The molecular formula is C14H25N5O. The highest BCUT2D eigenvalue weighted by Crippen LogP contribution is 2.16. The fourth-order valence-corrected chi connectivity index (χ4v) is 2.41. The van der Waals surface area contributed by atoms with Gasteiger partial charge in [-0.2, -0.15) is 4.98 Å². The van der Waals surface area contributed by atoms with Crippen molar-refractivity contribution in [1.82, 2.24) is 14.9 Å². The molecule has 1 aliphatic rings. The Morgan fingerprint density at radius 3 is 2.45 bits per heavy atom. The van der Waals surface area contributed by atoms with Gasteiger partial charge in [-0.25, -0.2) is 4.98 Å². The van der Waals surface area contributed by atoms with Gasteiger partial charge in [-0.15, -0.1) is 0 Å². The highest BCUT2D eigenvalue weighted by Gasteiger charge is 2.23. The summed E-state index contributed by atoms with van der Waals surface area (Å²) >= 11 is 0. The normalized spacial score (nSPS) is 17.4. The zero-order valence-electron chi connectivity index (χ0n) is 12.9. The van der Waals surface area contributed by atoms with Crippen molar-refractivity contribution in [3.8, 4) is 0 Å². The number of hydrogen-bond donors (Lipinski definition) is 1. The van der Waals surface area contributed by atoms with Crippen LogP contribution in [0, 0.1) is 0 Å². The minimum absolute atomic E-state index is 0.630. The van der Waals surface area contributed by atoms with Crippen molar-refractivity contribution in [1.29, 1.82) is 0 Å². The van der Waals surface area contributed by atoms with E-state index in [2.05, 4.69) is 19.8 Å². The number of aliphatic hydroxyl groups is 1. The lowest BCUT2D eigenvalue weighted by molar-refractivity contribution is 0.0344. The van der Waals surface area contributed by atoms with E-state index in [1.807, 2.05) is 38.9 Å². The molecule has 1 saturated heterocycles. The molecule has 0 aliphatic carbocycles. The van der Waals surface area contributed by atoms with Crippen LogP contribution in [0.2, 0.25) is 0 Å². The first-order valence-corrected chi connectivity index (χ1v) is 7.05. The van der Waals surface area contributed by atoms with Crippen molar-refractivity contribution in [2.45, 2.75) is 19.4 Å². The molecule has 0 spiro atoms. The van der Waals surface area contributed by atoms with Crippen molar-refractivity contribution >= 4 is 11.8 Å². The van der Waals surface area contributed by atoms with Crippen LogP contribution in [0.3, 0.4) is 0 Å². The van der Waals surface area contributed by atoms with Crippen LogP contribution in [0.15, 0.2) is 12.3 Å². The molecule has 1 aromatic heterocycles. The monoisotopic (exact) mass is 279 g/mol. The van der Waals surface area contributed by atoms with Gasteiger partial charge in [0.05, 0.1) is 5.60 Å². The van der Waals surface area contributed by atoms with E-state index in [-0.39, 0.29) is 0 Å². The smallest absolute Gasteiger partial charge is 0.226 e. The highest BCUT2D eigenvalue weighted by atomic mass is 16.3. The average Bonchev–Trinajstić information content (AvgIpc) is 2.38. The number of β-amino-alcohol motifs (C(OH)–C–C–N with tert-alkyl or cyclic N) is 1. The van der Waals surface area contributed by atoms with Crippen molar-refractivity contribution in [2.24, 2.45) is 0 Å². The Balaban J connectivity index is 1.95. The van der Waals surface area contributed by atoms with Gasteiger partial charge in [0, 0.05) is 53.0 Å². The summed E-state index contributed by atoms with van der Waals surface area (Å²) in [5.74, 6) is 1.72.